The van der Waals surface area contributed by atoms with Crippen LogP contribution in [0.3, 0.4) is 0 Å². The minimum absolute atomic E-state index is 0.222. The summed E-state index contributed by atoms with van der Waals surface area (Å²) < 4.78 is 5.50. The van der Waals surface area contributed by atoms with Gasteiger partial charge >= 0.3 is 0 Å². The van der Waals surface area contributed by atoms with E-state index in [1.807, 2.05) is 0 Å². The lowest BCUT2D eigenvalue weighted by Crippen LogP contribution is -2.37. The molecule has 11 heavy (non-hydrogen) atoms. The lowest BCUT2D eigenvalue weighted by atomic mass is 9.84. The van der Waals surface area contributed by atoms with Gasteiger partial charge in [-0.2, -0.15) is 0 Å². The number of hydrogen-bond acceptors (Lipinski definition) is 2. The van der Waals surface area contributed by atoms with Crippen LogP contribution in [0, 0.1) is 5.41 Å². The molecule has 2 nitrogen and oxygen atoms in total. The van der Waals surface area contributed by atoms with E-state index in [-0.39, 0.29) is 11.5 Å². The summed E-state index contributed by atoms with van der Waals surface area (Å²) in [7, 11) is 0. The predicted octanol–water partition coefficient (Wildman–Crippen LogP) is 1.57. The minimum Gasteiger partial charge on any atom is -0.391 e. The Morgan fingerprint density at radius 3 is 2.27 bits per heavy atom. The molecule has 0 aromatic heterocycles. The van der Waals surface area contributed by atoms with Gasteiger partial charge in [0, 0.05) is 0 Å². The van der Waals surface area contributed by atoms with E-state index in [0.29, 0.717) is 12.7 Å². The van der Waals surface area contributed by atoms with Gasteiger partial charge in [0.2, 0.25) is 0 Å². The van der Waals surface area contributed by atoms with Gasteiger partial charge in [-0.1, -0.05) is 20.8 Å². The molecule has 1 N–H and O–H groups in total. The van der Waals surface area contributed by atoms with Crippen LogP contribution >= 0.6 is 0 Å². The van der Waals surface area contributed by atoms with Crippen molar-refractivity contribution in [1.82, 2.24) is 0 Å². The van der Waals surface area contributed by atoms with Crippen molar-refractivity contribution in [3.8, 4) is 0 Å². The molecule has 1 rings (SSSR count). The van der Waals surface area contributed by atoms with Crippen LogP contribution in [0.4, 0.5) is 0 Å². The highest BCUT2D eigenvalue weighted by molar-refractivity contribution is 4.79. The standard InChI is InChI=1S/C9H18O2/c1-9(2,3)8-5-4-7(10)6-11-8/h7-8,10H,4-6H2,1-3H3/t7-,8+/m0/s1. The van der Waals surface area contributed by atoms with E-state index in [1.165, 1.54) is 0 Å². The fourth-order valence-electron chi connectivity index (χ4n) is 1.42. The first-order valence-corrected chi connectivity index (χ1v) is 4.30. The Morgan fingerprint density at radius 2 is 1.91 bits per heavy atom. The van der Waals surface area contributed by atoms with Crippen molar-refractivity contribution in [2.24, 2.45) is 5.41 Å². The van der Waals surface area contributed by atoms with Gasteiger partial charge in [0.15, 0.2) is 0 Å². The van der Waals surface area contributed by atoms with Crippen LogP contribution in [-0.4, -0.2) is 23.9 Å². The molecule has 0 spiro atoms. The van der Waals surface area contributed by atoms with Gasteiger partial charge in [0.05, 0.1) is 18.8 Å². The molecular formula is C9H18O2. The molecule has 1 heterocycles. The molecule has 66 valence electrons. The second-order valence-electron chi connectivity index (χ2n) is 4.42. The Hall–Kier alpha value is -0.0800. The van der Waals surface area contributed by atoms with Crippen LogP contribution in [0.25, 0.3) is 0 Å². The molecule has 0 aromatic carbocycles. The Kier molecular flexibility index (Phi) is 2.55. The fourth-order valence-corrected chi connectivity index (χ4v) is 1.42. The van der Waals surface area contributed by atoms with Gasteiger partial charge in [-0.05, 0) is 18.3 Å². The van der Waals surface area contributed by atoms with E-state index < -0.39 is 0 Å². The zero-order valence-electron chi connectivity index (χ0n) is 7.63. The lowest BCUT2D eigenvalue weighted by molar-refractivity contribution is -0.0962. The van der Waals surface area contributed by atoms with Crippen LogP contribution in [0.15, 0.2) is 0 Å². The van der Waals surface area contributed by atoms with Crippen molar-refractivity contribution in [1.29, 1.82) is 0 Å². The van der Waals surface area contributed by atoms with Crippen molar-refractivity contribution in [3.05, 3.63) is 0 Å². The molecule has 0 amide bonds. The quantitative estimate of drug-likeness (QED) is 0.580. The zero-order valence-corrected chi connectivity index (χ0v) is 7.63. The average molecular weight is 158 g/mol. The normalized spacial score (nSPS) is 33.8. The highest BCUT2D eigenvalue weighted by Gasteiger charge is 2.29. The molecule has 1 aliphatic heterocycles. The highest BCUT2D eigenvalue weighted by atomic mass is 16.5. The summed E-state index contributed by atoms with van der Waals surface area (Å²) >= 11 is 0. The number of ether oxygens (including phenoxy) is 1. The third kappa shape index (κ3) is 2.46. The van der Waals surface area contributed by atoms with Gasteiger partial charge < -0.3 is 9.84 Å². The molecule has 0 aromatic rings. The molecule has 0 unspecified atom stereocenters. The number of aliphatic hydroxyl groups is 1. The van der Waals surface area contributed by atoms with Crippen LogP contribution in [0.5, 0.6) is 0 Å². The zero-order chi connectivity index (χ0) is 8.48. The number of rotatable bonds is 0. The van der Waals surface area contributed by atoms with Crippen molar-refractivity contribution < 1.29 is 9.84 Å². The second-order valence-corrected chi connectivity index (χ2v) is 4.42. The summed E-state index contributed by atoms with van der Waals surface area (Å²) in [4.78, 5) is 0. The monoisotopic (exact) mass is 158 g/mol. The Balaban J connectivity index is 2.39. The van der Waals surface area contributed by atoms with E-state index >= 15 is 0 Å². The summed E-state index contributed by atoms with van der Waals surface area (Å²) in [6.45, 7) is 7.04. The average Bonchev–Trinajstić information content (AvgIpc) is 1.86. The second kappa shape index (κ2) is 3.11. The number of aliphatic hydroxyl groups excluding tert-OH is 1. The van der Waals surface area contributed by atoms with E-state index in [1.54, 1.807) is 0 Å². The molecule has 1 saturated heterocycles. The molecule has 0 radical (unpaired) electrons. The molecule has 2 atom stereocenters. The largest absolute Gasteiger partial charge is 0.391 e. The molecule has 0 bridgehead atoms. The van der Waals surface area contributed by atoms with Crippen molar-refractivity contribution in [3.63, 3.8) is 0 Å². The topological polar surface area (TPSA) is 29.5 Å². The smallest absolute Gasteiger partial charge is 0.0774 e. The molecule has 2 heteroatoms. The predicted molar refractivity (Wildman–Crippen MR) is 44.4 cm³/mol. The summed E-state index contributed by atoms with van der Waals surface area (Å²) in [5.41, 5.74) is 0.222. The van der Waals surface area contributed by atoms with E-state index in [4.69, 9.17) is 9.84 Å². The fraction of sp³-hybridized carbons (Fsp3) is 1.00. The van der Waals surface area contributed by atoms with Gasteiger partial charge in [0.25, 0.3) is 0 Å². The molecular weight excluding hydrogens is 140 g/mol. The van der Waals surface area contributed by atoms with E-state index in [0.717, 1.165) is 12.8 Å². The molecule has 1 fully saturated rings. The summed E-state index contributed by atoms with van der Waals surface area (Å²) in [5, 5.41) is 9.17. The molecule has 0 saturated carbocycles. The summed E-state index contributed by atoms with van der Waals surface area (Å²) in [6, 6.07) is 0. The first kappa shape index (κ1) is 9.01. The summed E-state index contributed by atoms with van der Waals surface area (Å²) in [5.74, 6) is 0. The van der Waals surface area contributed by atoms with Crippen molar-refractivity contribution >= 4 is 0 Å². The van der Waals surface area contributed by atoms with Gasteiger partial charge in [0.1, 0.15) is 0 Å². The third-order valence-corrected chi connectivity index (χ3v) is 2.22. The van der Waals surface area contributed by atoms with Crippen LogP contribution in [0.1, 0.15) is 33.6 Å². The van der Waals surface area contributed by atoms with Gasteiger partial charge in [-0.25, -0.2) is 0 Å². The third-order valence-electron chi connectivity index (χ3n) is 2.22. The van der Waals surface area contributed by atoms with Crippen molar-refractivity contribution in [2.45, 2.75) is 45.8 Å². The Bertz CT molecular complexity index is 118. The van der Waals surface area contributed by atoms with Crippen LogP contribution < -0.4 is 0 Å². The first-order chi connectivity index (χ1) is 5.00. The lowest BCUT2D eigenvalue weighted by Gasteiger charge is -2.35. The van der Waals surface area contributed by atoms with Crippen molar-refractivity contribution in [2.75, 3.05) is 6.61 Å². The van der Waals surface area contributed by atoms with Gasteiger partial charge in [-0.3, -0.25) is 0 Å². The molecule has 0 aliphatic carbocycles. The van der Waals surface area contributed by atoms with E-state index in [2.05, 4.69) is 20.8 Å². The summed E-state index contributed by atoms with van der Waals surface area (Å²) in [6.07, 6.45) is 1.98. The Morgan fingerprint density at radius 1 is 1.27 bits per heavy atom. The maximum absolute atomic E-state index is 9.17. The molecule has 1 aliphatic rings. The van der Waals surface area contributed by atoms with E-state index in [9.17, 15) is 0 Å². The number of hydrogen-bond donors (Lipinski definition) is 1. The Labute approximate surface area is 68.6 Å². The minimum atomic E-state index is -0.228. The van der Waals surface area contributed by atoms with Crippen LogP contribution in [0.2, 0.25) is 0 Å². The van der Waals surface area contributed by atoms with Gasteiger partial charge in [-0.15, -0.1) is 0 Å². The highest BCUT2D eigenvalue weighted by Crippen LogP contribution is 2.29. The first-order valence-electron chi connectivity index (χ1n) is 4.30. The maximum atomic E-state index is 9.17. The maximum Gasteiger partial charge on any atom is 0.0774 e. The SMILES string of the molecule is CC(C)(C)[C@H]1CC[C@H](O)CO1. The van der Waals surface area contributed by atoms with Crippen LogP contribution in [-0.2, 0) is 4.74 Å².